The topological polar surface area (TPSA) is 29.5 Å². The normalized spacial score (nSPS) is 33.0. The van der Waals surface area contributed by atoms with Crippen LogP contribution in [0.2, 0.25) is 0 Å². The molecular weight excluding hydrogens is 209 g/mol. The molecule has 1 fully saturated rings. The zero-order chi connectivity index (χ0) is 11.5. The number of aliphatic hydroxyl groups is 1. The summed E-state index contributed by atoms with van der Waals surface area (Å²) in [6.07, 6.45) is -3.92. The summed E-state index contributed by atoms with van der Waals surface area (Å²) in [5.41, 5.74) is -0.955. The average molecular weight is 226 g/mol. The number of hydrogen-bond acceptors (Lipinski definition) is 2. The maximum Gasteiger partial charge on any atom is 0.389 e. The van der Waals surface area contributed by atoms with E-state index < -0.39 is 18.2 Å². The van der Waals surface area contributed by atoms with Crippen LogP contribution in [0.25, 0.3) is 0 Å². The van der Waals surface area contributed by atoms with Gasteiger partial charge in [0.15, 0.2) is 0 Å². The second-order valence-corrected chi connectivity index (χ2v) is 4.33. The molecule has 0 radical (unpaired) electrons. The summed E-state index contributed by atoms with van der Waals surface area (Å²) in [6, 6.07) is 0. The molecule has 90 valence electrons. The lowest BCUT2D eigenvalue weighted by atomic mass is 9.86. The molecule has 2 unspecified atom stereocenters. The fraction of sp³-hybridized carbons (Fsp3) is 1.00. The molecule has 15 heavy (non-hydrogen) atoms. The van der Waals surface area contributed by atoms with Crippen LogP contribution in [-0.2, 0) is 4.74 Å². The van der Waals surface area contributed by atoms with Crippen LogP contribution >= 0.6 is 0 Å². The number of ether oxygens (including phenoxy) is 1. The van der Waals surface area contributed by atoms with Gasteiger partial charge in [-0.05, 0) is 26.2 Å². The Labute approximate surface area is 87.4 Å². The molecule has 1 N–H and O–H groups in total. The third-order valence-corrected chi connectivity index (χ3v) is 2.74. The van der Waals surface area contributed by atoms with Gasteiger partial charge in [0.25, 0.3) is 0 Å². The van der Waals surface area contributed by atoms with E-state index in [0.717, 1.165) is 0 Å². The molecule has 0 saturated carbocycles. The van der Waals surface area contributed by atoms with Crippen LogP contribution in [0.5, 0.6) is 0 Å². The minimum absolute atomic E-state index is 0.00722. The van der Waals surface area contributed by atoms with Gasteiger partial charge < -0.3 is 9.84 Å². The number of rotatable bonds is 3. The van der Waals surface area contributed by atoms with Crippen molar-refractivity contribution < 1.29 is 23.0 Å². The van der Waals surface area contributed by atoms with Crippen LogP contribution in [0, 0.1) is 0 Å². The molecule has 5 heteroatoms. The maximum absolute atomic E-state index is 11.9. The lowest BCUT2D eigenvalue weighted by Gasteiger charge is -2.35. The quantitative estimate of drug-likeness (QED) is 0.801. The third-order valence-electron chi connectivity index (χ3n) is 2.74. The Hall–Kier alpha value is -0.290. The molecule has 2 atom stereocenters. The first-order valence-electron chi connectivity index (χ1n) is 5.21. The van der Waals surface area contributed by atoms with Gasteiger partial charge in [-0.2, -0.15) is 13.2 Å². The summed E-state index contributed by atoms with van der Waals surface area (Å²) in [5.74, 6) is 0. The Morgan fingerprint density at radius 2 is 2.13 bits per heavy atom. The van der Waals surface area contributed by atoms with Gasteiger partial charge in [-0.15, -0.1) is 0 Å². The first-order chi connectivity index (χ1) is 6.81. The van der Waals surface area contributed by atoms with Crippen molar-refractivity contribution in [1.29, 1.82) is 0 Å². The summed E-state index contributed by atoms with van der Waals surface area (Å²) in [5, 5.41) is 9.99. The van der Waals surface area contributed by atoms with Gasteiger partial charge in [0.2, 0.25) is 0 Å². The van der Waals surface area contributed by atoms with Crippen molar-refractivity contribution in [2.45, 2.75) is 56.9 Å². The highest BCUT2D eigenvalue weighted by Crippen LogP contribution is 2.31. The van der Waals surface area contributed by atoms with Crippen molar-refractivity contribution in [2.24, 2.45) is 0 Å². The van der Waals surface area contributed by atoms with Gasteiger partial charge >= 0.3 is 6.18 Å². The van der Waals surface area contributed by atoms with Crippen LogP contribution < -0.4 is 0 Å². The SMILES string of the molecule is CC1CC(O)(CCCC(F)(F)F)CCO1. The lowest BCUT2D eigenvalue weighted by Crippen LogP contribution is -2.39. The van der Waals surface area contributed by atoms with Crippen molar-refractivity contribution >= 4 is 0 Å². The van der Waals surface area contributed by atoms with Crippen LogP contribution in [0.1, 0.15) is 39.0 Å². The van der Waals surface area contributed by atoms with E-state index in [9.17, 15) is 18.3 Å². The molecule has 0 amide bonds. The van der Waals surface area contributed by atoms with E-state index in [-0.39, 0.29) is 18.9 Å². The largest absolute Gasteiger partial charge is 0.390 e. The second-order valence-electron chi connectivity index (χ2n) is 4.33. The average Bonchev–Trinajstić information content (AvgIpc) is 1.99. The highest BCUT2D eigenvalue weighted by Gasteiger charge is 2.34. The fourth-order valence-corrected chi connectivity index (χ4v) is 1.99. The van der Waals surface area contributed by atoms with E-state index in [0.29, 0.717) is 19.4 Å². The molecule has 0 aromatic heterocycles. The number of halogens is 3. The van der Waals surface area contributed by atoms with Gasteiger partial charge in [0.05, 0.1) is 11.7 Å². The summed E-state index contributed by atoms with van der Waals surface area (Å²) < 4.78 is 41.0. The third kappa shape index (κ3) is 4.84. The Morgan fingerprint density at radius 3 is 2.67 bits per heavy atom. The molecule has 0 spiro atoms. The Morgan fingerprint density at radius 1 is 1.47 bits per heavy atom. The Bertz CT molecular complexity index is 205. The molecule has 1 saturated heterocycles. The molecule has 0 bridgehead atoms. The van der Waals surface area contributed by atoms with E-state index in [4.69, 9.17) is 4.74 Å². The predicted molar refractivity (Wildman–Crippen MR) is 49.5 cm³/mol. The van der Waals surface area contributed by atoms with Gasteiger partial charge in [0, 0.05) is 19.4 Å². The predicted octanol–water partition coefficient (Wildman–Crippen LogP) is 2.65. The Kier molecular flexibility index (Phi) is 4.00. The van der Waals surface area contributed by atoms with Crippen LogP contribution in [0.4, 0.5) is 13.2 Å². The molecule has 0 aromatic rings. The first-order valence-corrected chi connectivity index (χ1v) is 5.21. The molecule has 1 aliphatic heterocycles. The van der Waals surface area contributed by atoms with Crippen molar-refractivity contribution in [2.75, 3.05) is 6.61 Å². The lowest BCUT2D eigenvalue weighted by molar-refractivity contribution is -0.142. The summed E-state index contributed by atoms with van der Waals surface area (Å²) in [4.78, 5) is 0. The summed E-state index contributed by atoms with van der Waals surface area (Å²) >= 11 is 0. The second kappa shape index (κ2) is 4.70. The Balaban J connectivity index is 2.30. The van der Waals surface area contributed by atoms with E-state index in [1.165, 1.54) is 0 Å². The molecule has 1 heterocycles. The van der Waals surface area contributed by atoms with E-state index >= 15 is 0 Å². The van der Waals surface area contributed by atoms with Crippen molar-refractivity contribution in [3.63, 3.8) is 0 Å². The highest BCUT2D eigenvalue weighted by atomic mass is 19.4. The zero-order valence-corrected chi connectivity index (χ0v) is 8.81. The monoisotopic (exact) mass is 226 g/mol. The van der Waals surface area contributed by atoms with Crippen LogP contribution in [0.15, 0.2) is 0 Å². The zero-order valence-electron chi connectivity index (χ0n) is 8.81. The van der Waals surface area contributed by atoms with Crippen LogP contribution in [-0.4, -0.2) is 29.6 Å². The fourth-order valence-electron chi connectivity index (χ4n) is 1.99. The van der Waals surface area contributed by atoms with Gasteiger partial charge in [-0.1, -0.05) is 0 Å². The van der Waals surface area contributed by atoms with Crippen LogP contribution in [0.3, 0.4) is 0 Å². The maximum atomic E-state index is 11.9. The smallest absolute Gasteiger partial charge is 0.389 e. The molecule has 1 aliphatic rings. The van der Waals surface area contributed by atoms with Crippen molar-refractivity contribution in [3.05, 3.63) is 0 Å². The molecule has 1 rings (SSSR count). The van der Waals surface area contributed by atoms with Crippen molar-refractivity contribution in [3.8, 4) is 0 Å². The summed E-state index contributed by atoms with van der Waals surface area (Å²) in [6.45, 7) is 2.26. The van der Waals surface area contributed by atoms with E-state index in [1.807, 2.05) is 6.92 Å². The van der Waals surface area contributed by atoms with Gasteiger partial charge in [-0.3, -0.25) is 0 Å². The van der Waals surface area contributed by atoms with Crippen molar-refractivity contribution in [1.82, 2.24) is 0 Å². The van der Waals surface area contributed by atoms with Gasteiger partial charge in [-0.25, -0.2) is 0 Å². The number of alkyl halides is 3. The standard InChI is InChI=1S/C10H17F3O2/c1-8-7-9(14,5-6-15-8)3-2-4-10(11,12)13/h8,14H,2-7H2,1H3. The minimum atomic E-state index is -4.12. The molecular formula is C10H17F3O2. The molecule has 2 nitrogen and oxygen atoms in total. The number of hydrogen-bond donors (Lipinski definition) is 1. The highest BCUT2D eigenvalue weighted by molar-refractivity contribution is 4.84. The first kappa shape index (κ1) is 12.8. The molecule has 0 aromatic carbocycles. The van der Waals surface area contributed by atoms with E-state index in [1.54, 1.807) is 0 Å². The van der Waals surface area contributed by atoms with Gasteiger partial charge in [0.1, 0.15) is 0 Å². The minimum Gasteiger partial charge on any atom is -0.390 e. The van der Waals surface area contributed by atoms with E-state index in [2.05, 4.69) is 0 Å². The molecule has 0 aliphatic carbocycles. The summed E-state index contributed by atoms with van der Waals surface area (Å²) in [7, 11) is 0.